The highest BCUT2D eigenvalue weighted by Crippen LogP contribution is 2.67. The molecule has 0 unspecified atom stereocenters. The van der Waals surface area contributed by atoms with E-state index in [-0.39, 0.29) is 36.4 Å². The van der Waals surface area contributed by atoms with Gasteiger partial charge in [0, 0.05) is 24.7 Å². The van der Waals surface area contributed by atoms with Gasteiger partial charge in [-0.25, -0.2) is 4.79 Å². The molecule has 1 aromatic rings. The van der Waals surface area contributed by atoms with Crippen LogP contribution in [0.3, 0.4) is 0 Å². The van der Waals surface area contributed by atoms with Gasteiger partial charge in [-0.2, -0.15) is 0 Å². The molecule has 5 rings (SSSR count). The summed E-state index contributed by atoms with van der Waals surface area (Å²) < 4.78 is 10.3. The van der Waals surface area contributed by atoms with Gasteiger partial charge in [0.05, 0.1) is 13.5 Å². The summed E-state index contributed by atoms with van der Waals surface area (Å²) in [5, 5.41) is 23.9. The Bertz CT molecular complexity index is 1390. The summed E-state index contributed by atoms with van der Waals surface area (Å²) in [7, 11) is 1.53. The van der Waals surface area contributed by atoms with Gasteiger partial charge in [0.1, 0.15) is 17.4 Å². The summed E-state index contributed by atoms with van der Waals surface area (Å²) in [6, 6.07) is 5.64. The van der Waals surface area contributed by atoms with Crippen LogP contribution in [0, 0.1) is 28.6 Å². The highest BCUT2D eigenvalue weighted by Gasteiger charge is 2.66. The second kappa shape index (κ2) is 12.7. The molecule has 10 heteroatoms. The smallest absolute Gasteiger partial charge is 0.326 e. The first kappa shape index (κ1) is 32.9. The number of nitrogens with one attached hydrogen (secondary N) is 1. The quantitative estimate of drug-likeness (QED) is 0.311. The number of hydrogen-bond acceptors (Lipinski definition) is 8. The molecule has 0 spiro atoms. The van der Waals surface area contributed by atoms with Crippen LogP contribution in [-0.2, 0) is 35.1 Å². The van der Waals surface area contributed by atoms with E-state index in [0.717, 1.165) is 32.1 Å². The lowest BCUT2D eigenvalue weighted by Gasteiger charge is -2.58. The normalized spacial score (nSPS) is 32.7. The lowest BCUT2D eigenvalue weighted by Crippen LogP contribution is -2.58. The molecule has 4 aliphatic carbocycles. The van der Waals surface area contributed by atoms with E-state index in [1.807, 2.05) is 13.0 Å². The summed E-state index contributed by atoms with van der Waals surface area (Å²) >= 11 is 0. The van der Waals surface area contributed by atoms with Crippen molar-refractivity contribution < 1.29 is 43.7 Å². The van der Waals surface area contributed by atoms with Crippen molar-refractivity contribution in [2.24, 2.45) is 28.6 Å². The fourth-order valence-corrected chi connectivity index (χ4v) is 9.05. The number of carbonyl (C=O) groups is 5. The Morgan fingerprint density at radius 1 is 0.978 bits per heavy atom. The molecule has 0 saturated heterocycles. The van der Waals surface area contributed by atoms with Gasteiger partial charge in [0.15, 0.2) is 12.4 Å². The number of carbonyl (C=O) groups excluding carboxylic acids is 4. The number of hydrogen-bond donors (Lipinski definition) is 3. The predicted octanol–water partition coefficient (Wildman–Crippen LogP) is 3.96. The fraction of sp³-hybridized carbons (Fsp3) is 0.629. The zero-order valence-corrected chi connectivity index (χ0v) is 26.4. The molecule has 3 fully saturated rings. The lowest BCUT2D eigenvalue weighted by atomic mass is 9.46. The number of methoxy groups -OCH3 is 1. The van der Waals surface area contributed by atoms with Crippen molar-refractivity contribution in [2.75, 3.05) is 13.7 Å². The number of ether oxygens (including phenoxy) is 2. The highest BCUT2D eigenvalue weighted by atomic mass is 16.5. The molecule has 7 atom stereocenters. The number of carboxylic acids is 1. The van der Waals surface area contributed by atoms with Crippen LogP contribution in [0.2, 0.25) is 0 Å². The molecule has 0 aliphatic heterocycles. The van der Waals surface area contributed by atoms with Crippen molar-refractivity contribution in [1.82, 2.24) is 5.32 Å². The third-order valence-corrected chi connectivity index (χ3v) is 11.7. The van der Waals surface area contributed by atoms with Crippen molar-refractivity contribution in [3.8, 4) is 5.75 Å². The second-order valence-electron chi connectivity index (χ2n) is 13.9. The van der Waals surface area contributed by atoms with Crippen LogP contribution in [-0.4, -0.2) is 65.0 Å². The molecule has 3 N–H and O–H groups in total. The Morgan fingerprint density at radius 3 is 2.38 bits per heavy atom. The Labute approximate surface area is 263 Å². The van der Waals surface area contributed by atoms with E-state index in [0.29, 0.717) is 42.4 Å². The van der Waals surface area contributed by atoms with Crippen LogP contribution in [0.25, 0.3) is 0 Å². The molecule has 1 amide bonds. The minimum absolute atomic E-state index is 0.00907. The van der Waals surface area contributed by atoms with E-state index in [1.54, 1.807) is 24.3 Å². The summed E-state index contributed by atoms with van der Waals surface area (Å²) in [5.41, 5.74) is -0.277. The van der Waals surface area contributed by atoms with Crippen molar-refractivity contribution in [2.45, 2.75) is 96.1 Å². The maximum atomic E-state index is 13.5. The Hall–Kier alpha value is -3.53. The molecule has 0 bridgehead atoms. The number of rotatable bonds is 11. The third-order valence-electron chi connectivity index (χ3n) is 11.7. The number of carboxylic acid groups (broad SMARTS) is 1. The van der Waals surface area contributed by atoms with Crippen molar-refractivity contribution >= 4 is 29.4 Å². The molecule has 0 heterocycles. The predicted molar refractivity (Wildman–Crippen MR) is 163 cm³/mol. The first-order chi connectivity index (χ1) is 21.3. The Morgan fingerprint density at radius 2 is 1.69 bits per heavy atom. The Balaban J connectivity index is 1.12. The molecule has 4 aliphatic rings. The average Bonchev–Trinajstić information content (AvgIpc) is 3.30. The zero-order chi connectivity index (χ0) is 32.6. The van der Waals surface area contributed by atoms with Gasteiger partial charge in [-0.1, -0.05) is 31.6 Å². The van der Waals surface area contributed by atoms with Crippen LogP contribution >= 0.6 is 0 Å². The van der Waals surface area contributed by atoms with E-state index < -0.39 is 47.3 Å². The van der Waals surface area contributed by atoms with E-state index in [1.165, 1.54) is 12.7 Å². The first-order valence-corrected chi connectivity index (χ1v) is 16.1. The number of amides is 1. The molecule has 0 aromatic heterocycles. The first-order valence-electron chi connectivity index (χ1n) is 16.1. The molecule has 0 radical (unpaired) electrons. The van der Waals surface area contributed by atoms with Gasteiger partial charge in [0.25, 0.3) is 0 Å². The van der Waals surface area contributed by atoms with Crippen molar-refractivity contribution in [3.63, 3.8) is 0 Å². The minimum Gasteiger partial charge on any atom is -0.497 e. The molecular formula is C35H45NO9. The van der Waals surface area contributed by atoms with E-state index in [2.05, 4.69) is 12.2 Å². The van der Waals surface area contributed by atoms with Crippen molar-refractivity contribution in [3.05, 3.63) is 41.5 Å². The minimum atomic E-state index is -1.60. The lowest BCUT2D eigenvalue weighted by molar-refractivity contribution is -0.170. The van der Waals surface area contributed by atoms with Gasteiger partial charge in [0.2, 0.25) is 11.7 Å². The van der Waals surface area contributed by atoms with E-state index >= 15 is 0 Å². The number of fused-ring (bicyclic) bond motifs is 5. The molecule has 3 saturated carbocycles. The summed E-state index contributed by atoms with van der Waals surface area (Å²) in [4.78, 5) is 62.3. The summed E-state index contributed by atoms with van der Waals surface area (Å²) in [6.07, 6.45) is 7.17. The fourth-order valence-electron chi connectivity index (χ4n) is 9.05. The largest absolute Gasteiger partial charge is 0.497 e. The number of allylic oxidation sites excluding steroid dienone is 1. The van der Waals surface area contributed by atoms with Crippen LogP contribution in [0.5, 0.6) is 5.75 Å². The van der Waals surface area contributed by atoms with Crippen LogP contribution < -0.4 is 10.1 Å². The zero-order valence-electron chi connectivity index (χ0n) is 26.4. The summed E-state index contributed by atoms with van der Waals surface area (Å²) in [5.74, 6) is -1.31. The summed E-state index contributed by atoms with van der Waals surface area (Å²) in [6.45, 7) is 3.72. The standard InChI is InChI=1S/C35H45NO9/c1-33-15-12-23(37)19-22(33)6-9-25-26(33)13-16-34(2)27(25)14-17-35(34,43)29(38)20-45-31(40)11-10-30(39)36-28(32(41)42)18-21-4-7-24(44-3)8-5-21/h4-5,7-8,19,25-28,43H,6,9-18,20H2,1-3H3,(H,36,39)(H,41,42)/t25-,26+,27+,28+,33+,34+,35+/m1/s1. The molecule has 244 valence electrons. The van der Waals surface area contributed by atoms with Gasteiger partial charge < -0.3 is 25.0 Å². The number of aliphatic carboxylic acids is 1. The maximum Gasteiger partial charge on any atom is 0.326 e. The van der Waals surface area contributed by atoms with Crippen LogP contribution in [0.4, 0.5) is 0 Å². The SMILES string of the molecule is COc1ccc(C[C@H](NC(=O)CCC(=O)OCC(=O)[C@@]2(O)CC[C@H]3[C@@H]4CCC5=CC(=O)CC[C@]5(C)[C@H]4CC[C@@]32C)C(=O)O)cc1. The number of aliphatic hydroxyl groups is 1. The van der Waals surface area contributed by atoms with Gasteiger partial charge in [-0.05, 0) is 91.9 Å². The number of Topliss-reactive ketones (excluding diaryl/α,β-unsaturated/α-hetero) is 1. The molecule has 45 heavy (non-hydrogen) atoms. The van der Waals surface area contributed by atoms with Crippen LogP contribution in [0.1, 0.15) is 83.6 Å². The number of ketones is 2. The molecular weight excluding hydrogens is 578 g/mol. The van der Waals surface area contributed by atoms with Gasteiger partial charge >= 0.3 is 11.9 Å². The van der Waals surface area contributed by atoms with E-state index in [4.69, 9.17) is 9.47 Å². The molecule has 1 aromatic carbocycles. The van der Waals surface area contributed by atoms with Gasteiger partial charge in [-0.3, -0.25) is 19.2 Å². The second-order valence-corrected chi connectivity index (χ2v) is 13.9. The topological polar surface area (TPSA) is 156 Å². The van der Waals surface area contributed by atoms with Gasteiger partial charge in [-0.15, -0.1) is 0 Å². The maximum absolute atomic E-state index is 13.5. The Kier molecular flexibility index (Phi) is 9.27. The average molecular weight is 624 g/mol. The van der Waals surface area contributed by atoms with E-state index in [9.17, 15) is 34.2 Å². The third kappa shape index (κ3) is 6.18. The monoisotopic (exact) mass is 623 g/mol. The number of esters is 1. The molecule has 10 nitrogen and oxygen atoms in total. The highest BCUT2D eigenvalue weighted by molar-refractivity contribution is 5.92. The van der Waals surface area contributed by atoms with Crippen molar-refractivity contribution in [1.29, 1.82) is 0 Å². The van der Waals surface area contributed by atoms with Crippen LogP contribution in [0.15, 0.2) is 35.9 Å². The number of benzene rings is 1.